The molecule has 2 heterocycles. The number of aliphatic hydroxyl groups is 1. The average Bonchev–Trinajstić information content (AvgIpc) is 2.69. The van der Waals surface area contributed by atoms with Crippen molar-refractivity contribution in [2.75, 3.05) is 0 Å². The van der Waals surface area contributed by atoms with Gasteiger partial charge in [-0.3, -0.25) is 9.67 Å². The summed E-state index contributed by atoms with van der Waals surface area (Å²) in [5.41, 5.74) is 2.42. The molecule has 0 aliphatic rings. The van der Waals surface area contributed by atoms with Crippen molar-refractivity contribution >= 4 is 0 Å². The molecule has 5 heteroatoms. The van der Waals surface area contributed by atoms with Gasteiger partial charge in [0, 0.05) is 30.1 Å². The predicted molar refractivity (Wildman–Crippen MR) is 72.0 cm³/mol. The van der Waals surface area contributed by atoms with Gasteiger partial charge < -0.3 is 9.84 Å². The molecule has 2 aromatic heterocycles. The molecular weight excluding hydrogens is 242 g/mol. The van der Waals surface area contributed by atoms with Crippen molar-refractivity contribution in [1.29, 1.82) is 0 Å². The Morgan fingerprint density at radius 3 is 2.58 bits per heavy atom. The molecule has 2 aromatic rings. The lowest BCUT2D eigenvalue weighted by Crippen LogP contribution is -2.07. The highest BCUT2D eigenvalue weighted by atomic mass is 16.5. The molecule has 19 heavy (non-hydrogen) atoms. The fraction of sp³-hybridized carbons (Fsp3) is 0.429. The molecule has 1 N–H and O–H groups in total. The van der Waals surface area contributed by atoms with E-state index in [4.69, 9.17) is 4.74 Å². The van der Waals surface area contributed by atoms with E-state index < -0.39 is 6.10 Å². The molecule has 1 unspecified atom stereocenters. The Bertz CT molecular complexity index is 564. The van der Waals surface area contributed by atoms with E-state index in [0.717, 1.165) is 11.3 Å². The van der Waals surface area contributed by atoms with Crippen LogP contribution in [0.1, 0.15) is 36.8 Å². The van der Waals surface area contributed by atoms with Crippen LogP contribution >= 0.6 is 0 Å². The number of aromatic nitrogens is 3. The van der Waals surface area contributed by atoms with Gasteiger partial charge in [0.25, 0.3) is 0 Å². The summed E-state index contributed by atoms with van der Waals surface area (Å²) < 4.78 is 7.32. The number of aryl methyl sites for hydroxylation is 1. The summed E-state index contributed by atoms with van der Waals surface area (Å²) in [5.74, 6) is 0.660. The minimum atomic E-state index is -0.739. The number of aliphatic hydroxyl groups excluding tert-OH is 1. The molecule has 0 aromatic carbocycles. The molecule has 0 aliphatic carbocycles. The van der Waals surface area contributed by atoms with Crippen LogP contribution in [0.5, 0.6) is 5.75 Å². The Hall–Kier alpha value is -1.88. The van der Waals surface area contributed by atoms with Gasteiger partial charge in [-0.2, -0.15) is 5.10 Å². The number of hydrogen-bond donors (Lipinski definition) is 1. The smallest absolute Gasteiger partial charge is 0.138 e. The first-order valence-electron chi connectivity index (χ1n) is 6.27. The Labute approximate surface area is 112 Å². The maximum absolute atomic E-state index is 10.4. The minimum absolute atomic E-state index is 0.0781. The highest BCUT2D eigenvalue weighted by molar-refractivity contribution is 5.33. The Kier molecular flexibility index (Phi) is 3.85. The molecule has 2 rings (SSSR count). The summed E-state index contributed by atoms with van der Waals surface area (Å²) in [6.45, 7) is 5.83. The van der Waals surface area contributed by atoms with Gasteiger partial charge in [-0.15, -0.1) is 0 Å². The molecule has 0 aliphatic heterocycles. The van der Waals surface area contributed by atoms with Crippen LogP contribution in [0.2, 0.25) is 0 Å². The van der Waals surface area contributed by atoms with E-state index >= 15 is 0 Å². The van der Waals surface area contributed by atoms with Crippen molar-refractivity contribution in [2.24, 2.45) is 7.05 Å². The lowest BCUT2D eigenvalue weighted by Gasteiger charge is -2.13. The zero-order chi connectivity index (χ0) is 14.0. The summed E-state index contributed by atoms with van der Waals surface area (Å²) in [5, 5.41) is 14.5. The van der Waals surface area contributed by atoms with Crippen LogP contribution in [0.25, 0.3) is 0 Å². The lowest BCUT2D eigenvalue weighted by molar-refractivity contribution is 0.215. The van der Waals surface area contributed by atoms with Crippen molar-refractivity contribution in [3.8, 4) is 5.75 Å². The largest absolute Gasteiger partial charge is 0.489 e. The second kappa shape index (κ2) is 5.40. The molecule has 0 bridgehead atoms. The van der Waals surface area contributed by atoms with E-state index in [1.807, 2.05) is 33.9 Å². The van der Waals surface area contributed by atoms with Gasteiger partial charge in [0.1, 0.15) is 11.9 Å². The lowest BCUT2D eigenvalue weighted by atomic mass is 10.0. The van der Waals surface area contributed by atoms with Gasteiger partial charge in [-0.25, -0.2) is 0 Å². The third-order valence-corrected chi connectivity index (χ3v) is 2.99. The van der Waals surface area contributed by atoms with Crippen LogP contribution in [-0.4, -0.2) is 26.0 Å². The summed E-state index contributed by atoms with van der Waals surface area (Å²) in [6.07, 6.45) is 4.30. The van der Waals surface area contributed by atoms with E-state index in [-0.39, 0.29) is 6.10 Å². The van der Waals surface area contributed by atoms with E-state index in [9.17, 15) is 5.11 Å². The summed E-state index contributed by atoms with van der Waals surface area (Å²) in [7, 11) is 1.85. The van der Waals surface area contributed by atoms with Gasteiger partial charge in [-0.05, 0) is 26.8 Å². The van der Waals surface area contributed by atoms with E-state index in [2.05, 4.69) is 10.1 Å². The Morgan fingerprint density at radius 2 is 2.00 bits per heavy atom. The summed E-state index contributed by atoms with van der Waals surface area (Å²) in [4.78, 5) is 4.11. The zero-order valence-electron chi connectivity index (χ0n) is 11.7. The Balaban J connectivity index is 2.28. The van der Waals surface area contributed by atoms with Crippen molar-refractivity contribution in [1.82, 2.24) is 14.8 Å². The van der Waals surface area contributed by atoms with Gasteiger partial charge in [0.2, 0.25) is 0 Å². The first-order valence-corrected chi connectivity index (χ1v) is 6.27. The van der Waals surface area contributed by atoms with Crippen molar-refractivity contribution < 1.29 is 9.84 Å². The average molecular weight is 261 g/mol. The topological polar surface area (TPSA) is 60.2 Å². The highest BCUT2D eigenvalue weighted by Gasteiger charge is 2.17. The molecule has 0 saturated heterocycles. The fourth-order valence-electron chi connectivity index (χ4n) is 1.89. The monoisotopic (exact) mass is 261 g/mol. The second-order valence-corrected chi connectivity index (χ2v) is 4.83. The first kappa shape index (κ1) is 13.5. The standard InChI is InChI=1S/C14H19N3O2/c1-9(2)19-12-5-11(6-15-7-12)14(18)13-8-16-17(4)10(13)3/h5-9,14,18H,1-4H3. The predicted octanol–water partition coefficient (Wildman–Crippen LogP) is 1.99. The number of ether oxygens (including phenoxy) is 1. The molecular formula is C14H19N3O2. The summed E-state index contributed by atoms with van der Waals surface area (Å²) in [6, 6.07) is 1.81. The van der Waals surface area contributed by atoms with Gasteiger partial charge in [0.15, 0.2) is 0 Å². The SMILES string of the molecule is Cc1c(C(O)c2cncc(OC(C)C)c2)cnn1C. The third kappa shape index (κ3) is 2.93. The molecule has 0 spiro atoms. The van der Waals surface area contributed by atoms with Gasteiger partial charge in [-0.1, -0.05) is 0 Å². The van der Waals surface area contributed by atoms with Crippen molar-refractivity contribution in [3.63, 3.8) is 0 Å². The molecule has 0 radical (unpaired) electrons. The normalized spacial score (nSPS) is 12.7. The molecule has 102 valence electrons. The fourth-order valence-corrected chi connectivity index (χ4v) is 1.89. The van der Waals surface area contributed by atoms with Crippen LogP contribution in [0.3, 0.4) is 0 Å². The van der Waals surface area contributed by atoms with Crippen LogP contribution in [0.4, 0.5) is 0 Å². The zero-order valence-corrected chi connectivity index (χ0v) is 11.7. The molecule has 0 fully saturated rings. The van der Waals surface area contributed by atoms with Crippen LogP contribution in [0, 0.1) is 6.92 Å². The first-order chi connectivity index (χ1) is 8.99. The molecule has 5 nitrogen and oxygen atoms in total. The van der Waals surface area contributed by atoms with E-state index in [1.165, 1.54) is 0 Å². The van der Waals surface area contributed by atoms with Crippen LogP contribution in [0.15, 0.2) is 24.7 Å². The minimum Gasteiger partial charge on any atom is -0.489 e. The van der Waals surface area contributed by atoms with Gasteiger partial charge in [0.05, 0.1) is 18.5 Å². The van der Waals surface area contributed by atoms with Crippen LogP contribution < -0.4 is 4.74 Å². The number of nitrogens with zero attached hydrogens (tertiary/aromatic N) is 3. The maximum Gasteiger partial charge on any atom is 0.138 e. The molecule has 0 saturated carbocycles. The number of rotatable bonds is 4. The van der Waals surface area contributed by atoms with Crippen LogP contribution in [-0.2, 0) is 7.05 Å². The molecule has 1 atom stereocenters. The quantitative estimate of drug-likeness (QED) is 0.914. The third-order valence-electron chi connectivity index (χ3n) is 2.99. The number of pyridine rings is 1. The Morgan fingerprint density at radius 1 is 1.26 bits per heavy atom. The van der Waals surface area contributed by atoms with E-state index in [1.54, 1.807) is 23.3 Å². The maximum atomic E-state index is 10.4. The second-order valence-electron chi connectivity index (χ2n) is 4.83. The number of hydrogen-bond acceptors (Lipinski definition) is 4. The molecule has 0 amide bonds. The van der Waals surface area contributed by atoms with E-state index in [0.29, 0.717) is 11.3 Å². The highest BCUT2D eigenvalue weighted by Crippen LogP contribution is 2.26. The van der Waals surface area contributed by atoms with Crippen molar-refractivity contribution in [2.45, 2.75) is 33.0 Å². The summed E-state index contributed by atoms with van der Waals surface area (Å²) >= 11 is 0. The van der Waals surface area contributed by atoms with Gasteiger partial charge >= 0.3 is 0 Å². The van der Waals surface area contributed by atoms with Crippen molar-refractivity contribution in [3.05, 3.63) is 41.5 Å².